The summed E-state index contributed by atoms with van der Waals surface area (Å²) in [6, 6.07) is 5.79. The van der Waals surface area contributed by atoms with Crippen molar-refractivity contribution in [2.75, 3.05) is 18.5 Å². The molecule has 4 heterocycles. The summed E-state index contributed by atoms with van der Waals surface area (Å²) in [6.45, 7) is 3.81. The summed E-state index contributed by atoms with van der Waals surface area (Å²) < 4.78 is 13.3. The molecule has 0 spiro atoms. The van der Waals surface area contributed by atoms with Crippen molar-refractivity contribution >= 4 is 11.7 Å². The topological polar surface area (TPSA) is 81.5 Å². The number of amides is 2. The Kier molecular flexibility index (Phi) is 3.51. The zero-order valence-corrected chi connectivity index (χ0v) is 14.6. The molecule has 1 aromatic heterocycles. The van der Waals surface area contributed by atoms with E-state index in [-0.39, 0.29) is 18.1 Å². The lowest BCUT2D eigenvalue weighted by Gasteiger charge is -2.28. The average molecular weight is 355 g/mol. The highest BCUT2D eigenvalue weighted by atomic mass is 16.6. The quantitative estimate of drug-likeness (QED) is 0.846. The van der Waals surface area contributed by atoms with E-state index in [4.69, 9.17) is 9.47 Å². The second-order valence-corrected chi connectivity index (χ2v) is 7.06. The third-order valence-electron chi connectivity index (χ3n) is 5.47. The number of carbonyl (C=O) groups is 1. The molecule has 2 atom stereocenters. The molecule has 1 fully saturated rings. The molecular formula is C18H21N5O3. The van der Waals surface area contributed by atoms with Crippen LogP contribution in [0.15, 0.2) is 18.2 Å². The summed E-state index contributed by atoms with van der Waals surface area (Å²) in [6.07, 6.45) is 2.77. The summed E-state index contributed by atoms with van der Waals surface area (Å²) in [5.41, 5.74) is 0.721. The van der Waals surface area contributed by atoms with Gasteiger partial charge in [0.05, 0.1) is 6.04 Å². The number of ether oxygens (including phenoxy) is 2. The van der Waals surface area contributed by atoms with Crippen molar-refractivity contribution in [2.45, 2.75) is 44.8 Å². The second kappa shape index (κ2) is 5.89. The molecule has 3 aliphatic heterocycles. The van der Waals surface area contributed by atoms with Gasteiger partial charge in [-0.1, -0.05) is 0 Å². The van der Waals surface area contributed by atoms with Gasteiger partial charge in [0.2, 0.25) is 0 Å². The van der Waals surface area contributed by atoms with Gasteiger partial charge >= 0.3 is 6.03 Å². The van der Waals surface area contributed by atoms with E-state index in [1.165, 1.54) is 0 Å². The minimum absolute atomic E-state index is 0.0643. The van der Waals surface area contributed by atoms with Crippen LogP contribution in [0.4, 0.5) is 10.5 Å². The Hall–Kier alpha value is -2.77. The minimum atomic E-state index is -0.0643. The fourth-order valence-electron chi connectivity index (χ4n) is 4.22. The van der Waals surface area contributed by atoms with Gasteiger partial charge in [-0.2, -0.15) is 0 Å². The van der Waals surface area contributed by atoms with Gasteiger partial charge in [0.15, 0.2) is 11.5 Å². The van der Waals surface area contributed by atoms with Crippen LogP contribution in [0.1, 0.15) is 24.5 Å². The molecule has 0 aliphatic carbocycles. The number of nitrogens with zero attached hydrogens (tertiary/aromatic N) is 4. The van der Waals surface area contributed by atoms with Crippen molar-refractivity contribution in [1.29, 1.82) is 0 Å². The molecule has 1 N–H and O–H groups in total. The summed E-state index contributed by atoms with van der Waals surface area (Å²) in [5, 5.41) is 11.5. The smallest absolute Gasteiger partial charge is 0.322 e. The summed E-state index contributed by atoms with van der Waals surface area (Å²) in [7, 11) is 0. The molecule has 3 aliphatic rings. The Morgan fingerprint density at radius 1 is 1.15 bits per heavy atom. The van der Waals surface area contributed by atoms with Crippen LogP contribution >= 0.6 is 0 Å². The van der Waals surface area contributed by atoms with E-state index in [1.807, 2.05) is 30.0 Å². The normalized spacial score (nSPS) is 23.3. The van der Waals surface area contributed by atoms with Gasteiger partial charge in [-0.05, 0) is 31.9 Å². The molecule has 26 heavy (non-hydrogen) atoms. The fraction of sp³-hybridized carbons (Fsp3) is 0.500. The first-order valence-corrected chi connectivity index (χ1v) is 9.06. The Morgan fingerprint density at radius 3 is 2.85 bits per heavy atom. The van der Waals surface area contributed by atoms with Gasteiger partial charge < -0.3 is 24.3 Å². The first-order valence-electron chi connectivity index (χ1n) is 9.06. The highest BCUT2D eigenvalue weighted by Gasteiger charge is 2.41. The third-order valence-corrected chi connectivity index (χ3v) is 5.47. The molecule has 1 saturated heterocycles. The maximum Gasteiger partial charge on any atom is 0.322 e. The standard InChI is InChI=1S/C18H21N5O3/c1-11-20-21-17-9-13-3-4-14(10-22(11)17)23(13)18(24)19-12-2-5-15-16(8-12)26-7-6-25-15/h2,5,8,13-14H,3-4,6-7,9-10H2,1H3,(H,19,24)/t13-,14+/m0/s1. The van der Waals surface area contributed by atoms with Crippen molar-refractivity contribution in [3.63, 3.8) is 0 Å². The molecule has 8 heteroatoms. The molecule has 0 radical (unpaired) electrons. The lowest BCUT2D eigenvalue weighted by Crippen LogP contribution is -2.44. The van der Waals surface area contributed by atoms with Crippen molar-refractivity contribution in [1.82, 2.24) is 19.7 Å². The number of anilines is 1. The van der Waals surface area contributed by atoms with Gasteiger partial charge in [0, 0.05) is 30.8 Å². The highest BCUT2D eigenvalue weighted by Crippen LogP contribution is 2.34. The van der Waals surface area contributed by atoms with Gasteiger partial charge in [-0.25, -0.2) is 4.79 Å². The third kappa shape index (κ3) is 2.48. The van der Waals surface area contributed by atoms with E-state index in [1.54, 1.807) is 0 Å². The number of aromatic nitrogens is 3. The van der Waals surface area contributed by atoms with Crippen molar-refractivity contribution in [3.8, 4) is 11.5 Å². The van der Waals surface area contributed by atoms with Gasteiger partial charge in [-0.15, -0.1) is 10.2 Å². The number of aryl methyl sites for hydroxylation is 1. The Bertz CT molecular complexity index is 865. The van der Waals surface area contributed by atoms with Crippen LogP contribution in [-0.2, 0) is 13.0 Å². The predicted octanol–water partition coefficient (Wildman–Crippen LogP) is 1.98. The SMILES string of the molecule is Cc1nnc2n1C[C@H]1CC[C@@H](C2)N1C(=O)Nc1ccc2c(c1)OCCO2. The summed E-state index contributed by atoms with van der Waals surface area (Å²) in [5.74, 6) is 3.29. The van der Waals surface area contributed by atoms with Crippen LogP contribution in [-0.4, -0.2) is 51.0 Å². The van der Waals surface area contributed by atoms with Crippen molar-refractivity contribution in [3.05, 3.63) is 29.8 Å². The number of benzene rings is 1. The molecule has 136 valence electrons. The zero-order chi connectivity index (χ0) is 17.7. The Morgan fingerprint density at radius 2 is 1.96 bits per heavy atom. The maximum absolute atomic E-state index is 13.0. The molecule has 8 nitrogen and oxygen atoms in total. The van der Waals surface area contributed by atoms with E-state index < -0.39 is 0 Å². The maximum atomic E-state index is 13.0. The molecular weight excluding hydrogens is 334 g/mol. The lowest BCUT2D eigenvalue weighted by atomic mass is 10.1. The molecule has 0 saturated carbocycles. The van der Waals surface area contributed by atoms with E-state index in [0.717, 1.165) is 48.9 Å². The van der Waals surface area contributed by atoms with E-state index in [9.17, 15) is 4.79 Å². The average Bonchev–Trinajstić information content (AvgIpc) is 3.13. The Labute approximate surface area is 151 Å². The Balaban J connectivity index is 1.36. The van der Waals surface area contributed by atoms with Gasteiger partial charge in [0.25, 0.3) is 0 Å². The lowest BCUT2D eigenvalue weighted by molar-refractivity contribution is 0.171. The number of hydrogen-bond donors (Lipinski definition) is 1. The number of urea groups is 1. The van der Waals surface area contributed by atoms with E-state index in [0.29, 0.717) is 19.0 Å². The minimum Gasteiger partial charge on any atom is -0.486 e. The molecule has 5 rings (SSSR count). The predicted molar refractivity (Wildman–Crippen MR) is 93.6 cm³/mol. The highest BCUT2D eigenvalue weighted by molar-refractivity contribution is 5.90. The molecule has 2 bridgehead atoms. The van der Waals surface area contributed by atoms with Crippen LogP contribution in [0.2, 0.25) is 0 Å². The van der Waals surface area contributed by atoms with Crippen molar-refractivity contribution < 1.29 is 14.3 Å². The van der Waals surface area contributed by atoms with Crippen LogP contribution in [0.25, 0.3) is 0 Å². The molecule has 2 aromatic rings. The number of fused-ring (bicyclic) bond motifs is 4. The first-order chi connectivity index (χ1) is 12.7. The van der Waals surface area contributed by atoms with Crippen LogP contribution < -0.4 is 14.8 Å². The monoisotopic (exact) mass is 355 g/mol. The van der Waals surface area contributed by atoms with Crippen LogP contribution in [0.5, 0.6) is 11.5 Å². The van der Waals surface area contributed by atoms with E-state index >= 15 is 0 Å². The molecule has 2 amide bonds. The van der Waals surface area contributed by atoms with E-state index in [2.05, 4.69) is 20.1 Å². The summed E-state index contributed by atoms with van der Waals surface area (Å²) in [4.78, 5) is 15.0. The van der Waals surface area contributed by atoms with Gasteiger partial charge in [-0.3, -0.25) is 0 Å². The first kappa shape index (κ1) is 15.5. The second-order valence-electron chi connectivity index (χ2n) is 7.06. The zero-order valence-electron chi connectivity index (χ0n) is 14.6. The molecule has 0 unspecified atom stereocenters. The molecule has 1 aromatic carbocycles. The van der Waals surface area contributed by atoms with Crippen molar-refractivity contribution in [2.24, 2.45) is 0 Å². The van der Waals surface area contributed by atoms with Crippen LogP contribution in [0.3, 0.4) is 0 Å². The number of carbonyl (C=O) groups excluding carboxylic acids is 1. The number of rotatable bonds is 1. The number of hydrogen-bond acceptors (Lipinski definition) is 5. The fourth-order valence-corrected chi connectivity index (χ4v) is 4.22. The largest absolute Gasteiger partial charge is 0.486 e. The van der Waals surface area contributed by atoms with Crippen LogP contribution in [0, 0.1) is 6.92 Å². The number of nitrogens with one attached hydrogen (secondary N) is 1. The van der Waals surface area contributed by atoms with Gasteiger partial charge in [0.1, 0.15) is 24.9 Å². The summed E-state index contributed by atoms with van der Waals surface area (Å²) >= 11 is 0.